The zero-order chi connectivity index (χ0) is 7.84. The highest BCUT2D eigenvalue weighted by Gasteiger charge is 2.43. The molecule has 3 heteroatoms. The maximum absolute atomic E-state index is 11.2. The number of carbonyl (C=O) groups is 1. The standard InChI is InChI=1S/C8H13NO2/c1-2-7-9-5-3-4-6(9)8(10)11-7/h6-7H,2-5H2,1H3. The van der Waals surface area contributed by atoms with Gasteiger partial charge < -0.3 is 4.74 Å². The van der Waals surface area contributed by atoms with Crippen LogP contribution < -0.4 is 0 Å². The Morgan fingerprint density at radius 3 is 3.27 bits per heavy atom. The molecule has 0 aromatic heterocycles. The van der Waals surface area contributed by atoms with E-state index in [1.54, 1.807) is 0 Å². The first-order valence-electron chi connectivity index (χ1n) is 4.29. The molecule has 11 heavy (non-hydrogen) atoms. The van der Waals surface area contributed by atoms with E-state index in [1.807, 2.05) is 0 Å². The monoisotopic (exact) mass is 155 g/mol. The van der Waals surface area contributed by atoms with Crippen LogP contribution in [-0.4, -0.2) is 29.7 Å². The average Bonchev–Trinajstić information content (AvgIpc) is 2.54. The van der Waals surface area contributed by atoms with E-state index in [0.29, 0.717) is 0 Å². The van der Waals surface area contributed by atoms with Crippen molar-refractivity contribution in [3.8, 4) is 0 Å². The molecule has 2 aliphatic heterocycles. The molecule has 0 spiro atoms. The second-order valence-electron chi connectivity index (χ2n) is 3.20. The van der Waals surface area contributed by atoms with Crippen LogP contribution in [0.1, 0.15) is 26.2 Å². The Hall–Kier alpha value is -0.570. The second kappa shape index (κ2) is 2.48. The number of ether oxygens (including phenoxy) is 1. The quantitative estimate of drug-likeness (QED) is 0.523. The van der Waals surface area contributed by atoms with E-state index in [1.165, 1.54) is 0 Å². The van der Waals surface area contributed by atoms with Gasteiger partial charge in [0.1, 0.15) is 6.04 Å². The Kier molecular flexibility index (Phi) is 1.60. The summed E-state index contributed by atoms with van der Waals surface area (Å²) in [4.78, 5) is 13.3. The minimum atomic E-state index is -0.00523. The van der Waals surface area contributed by atoms with Crippen LogP contribution in [0.5, 0.6) is 0 Å². The number of carbonyl (C=O) groups excluding carboxylic acids is 1. The van der Waals surface area contributed by atoms with Gasteiger partial charge in [-0.3, -0.25) is 9.69 Å². The van der Waals surface area contributed by atoms with Gasteiger partial charge in [-0.1, -0.05) is 6.92 Å². The summed E-state index contributed by atoms with van der Waals surface area (Å²) in [5.74, 6) is -0.00523. The van der Waals surface area contributed by atoms with Gasteiger partial charge in [0.15, 0.2) is 6.23 Å². The van der Waals surface area contributed by atoms with Gasteiger partial charge in [-0.2, -0.15) is 0 Å². The van der Waals surface area contributed by atoms with Crippen molar-refractivity contribution < 1.29 is 9.53 Å². The predicted molar refractivity (Wildman–Crippen MR) is 39.9 cm³/mol. The highest BCUT2D eigenvalue weighted by Crippen LogP contribution is 2.29. The van der Waals surface area contributed by atoms with E-state index < -0.39 is 0 Å². The van der Waals surface area contributed by atoms with Gasteiger partial charge in [0.2, 0.25) is 0 Å². The average molecular weight is 155 g/mol. The van der Waals surface area contributed by atoms with Gasteiger partial charge in [-0.15, -0.1) is 0 Å². The molecule has 2 fully saturated rings. The van der Waals surface area contributed by atoms with E-state index in [-0.39, 0.29) is 18.2 Å². The van der Waals surface area contributed by atoms with Crippen molar-refractivity contribution in [1.82, 2.24) is 4.90 Å². The molecular weight excluding hydrogens is 142 g/mol. The predicted octanol–water partition coefficient (Wildman–Crippen LogP) is 0.744. The van der Waals surface area contributed by atoms with Crippen LogP contribution in [0, 0.1) is 0 Å². The number of hydrogen-bond acceptors (Lipinski definition) is 3. The fraction of sp³-hybridized carbons (Fsp3) is 0.875. The third kappa shape index (κ3) is 0.948. The number of nitrogens with zero attached hydrogens (tertiary/aromatic N) is 1. The van der Waals surface area contributed by atoms with E-state index >= 15 is 0 Å². The van der Waals surface area contributed by atoms with E-state index in [0.717, 1.165) is 25.8 Å². The minimum absolute atomic E-state index is 0.00523. The molecule has 0 aromatic rings. The summed E-state index contributed by atoms with van der Waals surface area (Å²) in [6, 6.07) is 0.0972. The molecule has 0 N–H and O–H groups in total. The van der Waals surface area contributed by atoms with Crippen LogP contribution in [-0.2, 0) is 9.53 Å². The lowest BCUT2D eigenvalue weighted by Crippen LogP contribution is -2.31. The molecule has 2 heterocycles. The van der Waals surface area contributed by atoms with Crippen molar-refractivity contribution in [3.05, 3.63) is 0 Å². The zero-order valence-electron chi connectivity index (χ0n) is 6.75. The fourth-order valence-corrected chi connectivity index (χ4v) is 1.98. The maximum Gasteiger partial charge on any atom is 0.325 e. The number of fused-ring (bicyclic) bond motifs is 1. The van der Waals surface area contributed by atoms with Crippen LogP contribution in [0.2, 0.25) is 0 Å². The molecule has 2 saturated heterocycles. The van der Waals surface area contributed by atoms with Crippen molar-refractivity contribution in [1.29, 1.82) is 0 Å². The lowest BCUT2D eigenvalue weighted by molar-refractivity contribution is -0.143. The van der Waals surface area contributed by atoms with Crippen molar-refractivity contribution in [3.63, 3.8) is 0 Å². The Bertz CT molecular complexity index is 181. The van der Waals surface area contributed by atoms with Gasteiger partial charge in [0.05, 0.1) is 0 Å². The Balaban J connectivity index is 2.13. The topological polar surface area (TPSA) is 29.5 Å². The molecule has 2 atom stereocenters. The zero-order valence-corrected chi connectivity index (χ0v) is 6.75. The Labute approximate surface area is 66.3 Å². The van der Waals surface area contributed by atoms with E-state index in [9.17, 15) is 4.79 Å². The molecule has 2 rings (SSSR count). The van der Waals surface area contributed by atoms with E-state index in [4.69, 9.17) is 4.74 Å². The fourth-order valence-electron chi connectivity index (χ4n) is 1.98. The van der Waals surface area contributed by atoms with Crippen molar-refractivity contribution in [2.45, 2.75) is 38.5 Å². The number of hydrogen-bond donors (Lipinski definition) is 0. The minimum Gasteiger partial charge on any atom is -0.445 e. The summed E-state index contributed by atoms with van der Waals surface area (Å²) < 4.78 is 5.16. The van der Waals surface area contributed by atoms with Crippen LogP contribution >= 0.6 is 0 Å². The van der Waals surface area contributed by atoms with Crippen LogP contribution in [0.15, 0.2) is 0 Å². The number of rotatable bonds is 1. The number of cyclic esters (lactones) is 1. The molecule has 0 saturated carbocycles. The second-order valence-corrected chi connectivity index (χ2v) is 3.20. The van der Waals surface area contributed by atoms with Crippen molar-refractivity contribution in [2.75, 3.05) is 6.54 Å². The molecule has 2 aliphatic rings. The van der Waals surface area contributed by atoms with Crippen molar-refractivity contribution in [2.24, 2.45) is 0 Å². The molecule has 2 unspecified atom stereocenters. The van der Waals surface area contributed by atoms with Gasteiger partial charge >= 0.3 is 5.97 Å². The van der Waals surface area contributed by atoms with Gasteiger partial charge in [-0.25, -0.2) is 0 Å². The first kappa shape index (κ1) is 7.10. The summed E-state index contributed by atoms with van der Waals surface area (Å²) in [6.45, 7) is 3.09. The molecule has 0 radical (unpaired) electrons. The maximum atomic E-state index is 11.2. The first-order chi connectivity index (χ1) is 5.33. The Morgan fingerprint density at radius 1 is 1.73 bits per heavy atom. The van der Waals surface area contributed by atoms with Gasteiger partial charge in [0.25, 0.3) is 0 Å². The first-order valence-corrected chi connectivity index (χ1v) is 4.29. The summed E-state index contributed by atoms with van der Waals surface area (Å²) in [6.07, 6.45) is 3.14. The summed E-state index contributed by atoms with van der Waals surface area (Å²) >= 11 is 0. The Morgan fingerprint density at radius 2 is 2.55 bits per heavy atom. The molecule has 0 aliphatic carbocycles. The van der Waals surface area contributed by atoms with Gasteiger partial charge in [0, 0.05) is 6.54 Å². The highest BCUT2D eigenvalue weighted by molar-refractivity contribution is 5.78. The van der Waals surface area contributed by atoms with Gasteiger partial charge in [-0.05, 0) is 19.3 Å². The largest absolute Gasteiger partial charge is 0.445 e. The lowest BCUT2D eigenvalue weighted by Gasteiger charge is -2.17. The molecule has 0 amide bonds. The SMILES string of the molecule is CCC1OC(=O)C2CCCN12. The molecule has 0 bridgehead atoms. The van der Waals surface area contributed by atoms with Crippen LogP contribution in [0.4, 0.5) is 0 Å². The molecule has 0 aromatic carbocycles. The molecular formula is C8H13NO2. The van der Waals surface area contributed by atoms with Crippen LogP contribution in [0.3, 0.4) is 0 Å². The third-order valence-electron chi connectivity index (χ3n) is 2.54. The smallest absolute Gasteiger partial charge is 0.325 e. The summed E-state index contributed by atoms with van der Waals surface area (Å²) in [7, 11) is 0. The normalized spacial score (nSPS) is 37.4. The lowest BCUT2D eigenvalue weighted by atomic mass is 10.2. The summed E-state index contributed by atoms with van der Waals surface area (Å²) in [5, 5.41) is 0. The molecule has 62 valence electrons. The summed E-state index contributed by atoms with van der Waals surface area (Å²) in [5.41, 5.74) is 0. The number of esters is 1. The van der Waals surface area contributed by atoms with Crippen molar-refractivity contribution >= 4 is 5.97 Å². The van der Waals surface area contributed by atoms with E-state index in [2.05, 4.69) is 11.8 Å². The van der Waals surface area contributed by atoms with Crippen LogP contribution in [0.25, 0.3) is 0 Å². The third-order valence-corrected chi connectivity index (χ3v) is 2.54. The highest BCUT2D eigenvalue weighted by atomic mass is 16.6. The molecule has 3 nitrogen and oxygen atoms in total.